The summed E-state index contributed by atoms with van der Waals surface area (Å²) >= 11 is 0. The van der Waals surface area contributed by atoms with E-state index in [2.05, 4.69) is 39.5 Å². The molecular formula is C16H26O2Si2. The van der Waals surface area contributed by atoms with Gasteiger partial charge in [-0.1, -0.05) is 34.2 Å². The molecule has 0 saturated heterocycles. The fraction of sp³-hybridized carbons (Fsp3) is 0.250. The smallest absolute Gasteiger partial charge is 0.264 e. The van der Waals surface area contributed by atoms with Crippen LogP contribution < -0.4 is 0 Å². The van der Waals surface area contributed by atoms with Crippen LogP contribution in [0.2, 0.25) is 0 Å². The van der Waals surface area contributed by atoms with Gasteiger partial charge in [0.15, 0.2) is 0 Å². The second kappa shape index (κ2) is 9.66. The van der Waals surface area contributed by atoms with Gasteiger partial charge in [-0.05, 0) is 12.8 Å². The average Bonchev–Trinajstić information content (AvgIpc) is 2.52. The Morgan fingerprint density at radius 1 is 0.550 bits per heavy atom. The Labute approximate surface area is 125 Å². The second-order valence-electron chi connectivity index (χ2n) is 4.34. The van der Waals surface area contributed by atoms with Crippen molar-refractivity contribution in [1.82, 2.24) is 0 Å². The molecule has 0 bridgehead atoms. The van der Waals surface area contributed by atoms with Crippen LogP contribution in [0.5, 0.6) is 0 Å². The molecule has 0 aromatic heterocycles. The lowest BCUT2D eigenvalue weighted by molar-refractivity contribution is 0.268. The lowest BCUT2D eigenvalue weighted by Gasteiger charge is -2.21. The number of unbranched alkanes of at least 4 members (excludes halogenated alkanes) is 1. The predicted molar refractivity (Wildman–Crippen MR) is 93.8 cm³/mol. The van der Waals surface area contributed by atoms with Crippen molar-refractivity contribution in [2.45, 2.75) is 12.8 Å². The predicted octanol–water partition coefficient (Wildman–Crippen LogP) is 4.04. The molecule has 0 heterocycles. The fourth-order valence-corrected chi connectivity index (χ4v) is 4.26. The Bertz CT molecular complexity index is 295. The second-order valence-corrected chi connectivity index (χ2v) is 10.8. The van der Waals surface area contributed by atoms with Crippen LogP contribution in [-0.2, 0) is 8.85 Å². The summed E-state index contributed by atoms with van der Waals surface area (Å²) in [4.78, 5) is 0. The molecule has 0 aromatic carbocycles. The summed E-state index contributed by atoms with van der Waals surface area (Å²) in [6, 6.07) is 0. The highest BCUT2D eigenvalue weighted by atomic mass is 28.4. The van der Waals surface area contributed by atoms with Crippen molar-refractivity contribution in [2.24, 2.45) is 0 Å². The monoisotopic (exact) mass is 306 g/mol. The largest absolute Gasteiger partial charge is 0.405 e. The number of hydrogen-bond acceptors (Lipinski definition) is 2. The molecule has 0 amide bonds. The van der Waals surface area contributed by atoms with Gasteiger partial charge in [-0.15, -0.1) is 39.5 Å². The van der Waals surface area contributed by atoms with Crippen LogP contribution in [0.4, 0.5) is 0 Å². The van der Waals surface area contributed by atoms with Crippen LogP contribution in [-0.4, -0.2) is 29.8 Å². The van der Waals surface area contributed by atoms with E-state index < -0.39 is 16.6 Å². The van der Waals surface area contributed by atoms with E-state index in [1.807, 2.05) is 34.2 Å². The van der Waals surface area contributed by atoms with Crippen LogP contribution >= 0.6 is 0 Å². The minimum atomic E-state index is -2.12. The first kappa shape index (κ1) is 18.8. The topological polar surface area (TPSA) is 18.5 Å². The lowest BCUT2D eigenvalue weighted by Crippen LogP contribution is -2.33. The van der Waals surface area contributed by atoms with Gasteiger partial charge in [-0.3, -0.25) is 0 Å². The van der Waals surface area contributed by atoms with E-state index in [9.17, 15) is 0 Å². The van der Waals surface area contributed by atoms with Crippen LogP contribution in [0, 0.1) is 0 Å². The van der Waals surface area contributed by atoms with E-state index >= 15 is 0 Å². The van der Waals surface area contributed by atoms with E-state index in [1.54, 1.807) is 0 Å². The zero-order valence-corrected chi connectivity index (χ0v) is 14.4. The third kappa shape index (κ3) is 5.42. The van der Waals surface area contributed by atoms with E-state index in [-0.39, 0.29) is 0 Å². The molecule has 110 valence electrons. The van der Waals surface area contributed by atoms with Gasteiger partial charge >= 0.3 is 0 Å². The van der Waals surface area contributed by atoms with Crippen LogP contribution in [0.1, 0.15) is 12.8 Å². The highest BCUT2D eigenvalue weighted by molar-refractivity contribution is 6.88. The first-order valence-electron chi connectivity index (χ1n) is 6.67. The minimum absolute atomic E-state index is 0.657. The standard InChI is InChI=1S/C16H26O2Si2/c1-7-19(8-2,9-3)17-15-13-14-16-18-20(10-4,11-5)12-6/h7-12H,1-6,13-16H2. The summed E-state index contributed by atoms with van der Waals surface area (Å²) in [6.45, 7) is 24.1. The maximum atomic E-state index is 5.87. The molecule has 0 rings (SSSR count). The van der Waals surface area contributed by atoms with Crippen molar-refractivity contribution in [3.8, 4) is 0 Å². The lowest BCUT2D eigenvalue weighted by atomic mass is 10.3. The molecule has 0 N–H and O–H groups in total. The first-order valence-corrected chi connectivity index (χ1v) is 10.9. The number of hydrogen-bond donors (Lipinski definition) is 0. The Balaban J connectivity index is 4.04. The molecule has 20 heavy (non-hydrogen) atoms. The van der Waals surface area contributed by atoms with Crippen molar-refractivity contribution >= 4 is 16.6 Å². The summed E-state index contributed by atoms with van der Waals surface area (Å²) in [6.07, 6.45) is 1.83. The quantitative estimate of drug-likeness (QED) is 0.378. The maximum Gasteiger partial charge on any atom is 0.264 e. The van der Waals surface area contributed by atoms with Crippen LogP contribution in [0.15, 0.2) is 73.7 Å². The Kier molecular flexibility index (Phi) is 9.08. The van der Waals surface area contributed by atoms with Crippen LogP contribution in [0.25, 0.3) is 0 Å². The van der Waals surface area contributed by atoms with Gasteiger partial charge in [0.2, 0.25) is 0 Å². The molecule has 0 aliphatic carbocycles. The zero-order valence-electron chi connectivity index (χ0n) is 12.4. The van der Waals surface area contributed by atoms with E-state index in [0.717, 1.165) is 12.8 Å². The molecule has 2 nitrogen and oxygen atoms in total. The first-order chi connectivity index (χ1) is 9.57. The fourth-order valence-electron chi connectivity index (χ4n) is 1.56. The van der Waals surface area contributed by atoms with Gasteiger partial charge < -0.3 is 8.85 Å². The summed E-state index contributed by atoms with van der Waals surface area (Å²) in [5.74, 6) is 0. The molecule has 0 unspecified atom stereocenters. The van der Waals surface area contributed by atoms with Gasteiger partial charge in [-0.2, -0.15) is 0 Å². The highest BCUT2D eigenvalue weighted by Gasteiger charge is 2.24. The highest BCUT2D eigenvalue weighted by Crippen LogP contribution is 2.12. The molecule has 0 spiro atoms. The summed E-state index contributed by atoms with van der Waals surface area (Å²) in [7, 11) is -4.25. The van der Waals surface area contributed by atoms with Gasteiger partial charge in [0.25, 0.3) is 16.6 Å². The molecule has 0 saturated carbocycles. The molecule has 0 aliphatic rings. The van der Waals surface area contributed by atoms with Gasteiger partial charge in [0, 0.05) is 13.2 Å². The molecular weight excluding hydrogens is 280 g/mol. The minimum Gasteiger partial charge on any atom is -0.405 e. The van der Waals surface area contributed by atoms with Gasteiger partial charge in [0.05, 0.1) is 0 Å². The summed E-state index contributed by atoms with van der Waals surface area (Å²) in [5, 5.41) is 0. The Hall–Kier alpha value is -1.21. The molecule has 0 radical (unpaired) electrons. The van der Waals surface area contributed by atoms with Crippen LogP contribution in [0.3, 0.4) is 0 Å². The van der Waals surface area contributed by atoms with Crippen molar-refractivity contribution in [3.63, 3.8) is 0 Å². The Morgan fingerprint density at radius 3 is 1.00 bits per heavy atom. The summed E-state index contributed by atoms with van der Waals surface area (Å²) in [5.41, 5.74) is 11.0. The molecule has 0 atom stereocenters. The normalized spacial score (nSPS) is 11.4. The zero-order chi connectivity index (χ0) is 15.5. The summed E-state index contributed by atoms with van der Waals surface area (Å²) < 4.78 is 11.7. The molecule has 4 heteroatoms. The number of rotatable bonds is 13. The molecule has 0 aliphatic heterocycles. The third-order valence-electron chi connectivity index (χ3n) is 3.16. The Morgan fingerprint density at radius 2 is 0.800 bits per heavy atom. The van der Waals surface area contributed by atoms with Gasteiger partial charge in [0.1, 0.15) is 0 Å². The van der Waals surface area contributed by atoms with E-state index in [0.29, 0.717) is 13.2 Å². The van der Waals surface area contributed by atoms with E-state index in [1.165, 1.54) is 0 Å². The third-order valence-corrected chi connectivity index (χ3v) is 8.39. The van der Waals surface area contributed by atoms with E-state index in [4.69, 9.17) is 8.85 Å². The van der Waals surface area contributed by atoms with Crippen molar-refractivity contribution < 1.29 is 8.85 Å². The van der Waals surface area contributed by atoms with Crippen molar-refractivity contribution in [1.29, 1.82) is 0 Å². The SMILES string of the molecule is C=C[Si](C=C)(C=C)OCCCCO[Si](C=C)(C=C)C=C. The molecule has 0 fully saturated rings. The average molecular weight is 307 g/mol. The van der Waals surface area contributed by atoms with Crippen molar-refractivity contribution in [2.75, 3.05) is 13.2 Å². The molecule has 0 aromatic rings. The van der Waals surface area contributed by atoms with Crippen molar-refractivity contribution in [3.05, 3.63) is 73.7 Å². The van der Waals surface area contributed by atoms with Gasteiger partial charge in [-0.25, -0.2) is 0 Å². The maximum absolute atomic E-state index is 5.87.